The molecule has 0 amide bonds. The second-order valence-corrected chi connectivity index (χ2v) is 6.66. The van der Waals surface area contributed by atoms with Crippen molar-refractivity contribution in [2.45, 2.75) is 6.92 Å². The van der Waals surface area contributed by atoms with Crippen molar-refractivity contribution in [1.82, 2.24) is 4.98 Å². The maximum Gasteiger partial charge on any atom is 0.129 e. The van der Waals surface area contributed by atoms with Crippen LogP contribution in [0.1, 0.15) is 4.88 Å². The summed E-state index contributed by atoms with van der Waals surface area (Å²) in [5.41, 5.74) is 3.17. The fourth-order valence-electron chi connectivity index (χ4n) is 2.24. The van der Waals surface area contributed by atoms with Crippen LogP contribution in [0.15, 0.2) is 53.0 Å². The van der Waals surface area contributed by atoms with E-state index in [4.69, 9.17) is 9.72 Å². The molecule has 2 nitrogen and oxygen atoms in total. The van der Waals surface area contributed by atoms with Crippen molar-refractivity contribution in [3.63, 3.8) is 0 Å². The summed E-state index contributed by atoms with van der Waals surface area (Å²) in [7, 11) is 1.69. The summed E-state index contributed by atoms with van der Waals surface area (Å²) < 4.78 is 6.50. The van der Waals surface area contributed by atoms with Gasteiger partial charge in [0.1, 0.15) is 10.8 Å². The molecule has 3 rings (SSSR count). The molecule has 21 heavy (non-hydrogen) atoms. The highest BCUT2D eigenvalue weighted by Crippen LogP contribution is 2.39. The minimum absolute atomic E-state index is 0.852. The van der Waals surface area contributed by atoms with Crippen LogP contribution in [0.2, 0.25) is 0 Å². The molecule has 106 valence electrons. The van der Waals surface area contributed by atoms with Crippen LogP contribution in [0.25, 0.3) is 21.8 Å². The predicted molar refractivity (Wildman–Crippen MR) is 92.0 cm³/mol. The van der Waals surface area contributed by atoms with Crippen LogP contribution in [-0.4, -0.2) is 12.1 Å². The largest absolute Gasteiger partial charge is 0.496 e. The molecule has 0 saturated carbocycles. The Bertz CT molecular complexity index is 782. The van der Waals surface area contributed by atoms with Crippen molar-refractivity contribution in [3.8, 4) is 27.6 Å². The molecule has 0 N–H and O–H groups in total. The Kier molecular flexibility index (Phi) is 4.08. The van der Waals surface area contributed by atoms with Crippen molar-refractivity contribution in [2.24, 2.45) is 0 Å². The van der Waals surface area contributed by atoms with Gasteiger partial charge in [0.05, 0.1) is 18.4 Å². The van der Waals surface area contributed by atoms with Crippen LogP contribution in [0, 0.1) is 6.92 Å². The Labute approximate surface area is 136 Å². The van der Waals surface area contributed by atoms with E-state index in [1.165, 1.54) is 4.88 Å². The molecule has 0 saturated heterocycles. The zero-order valence-electron chi connectivity index (χ0n) is 11.8. The molecule has 0 bridgehead atoms. The van der Waals surface area contributed by atoms with Crippen LogP contribution in [0.4, 0.5) is 0 Å². The van der Waals surface area contributed by atoms with Gasteiger partial charge in [0, 0.05) is 14.9 Å². The molecule has 1 aromatic heterocycles. The molecule has 4 heteroatoms. The Balaban J connectivity index is 2.12. The summed E-state index contributed by atoms with van der Waals surface area (Å²) in [5.74, 6) is 0.852. The summed E-state index contributed by atoms with van der Waals surface area (Å²) in [4.78, 5) is 6.03. The van der Waals surface area contributed by atoms with Gasteiger partial charge < -0.3 is 4.74 Å². The van der Waals surface area contributed by atoms with E-state index in [9.17, 15) is 0 Å². The fraction of sp³-hybridized carbons (Fsp3) is 0.118. The zero-order valence-corrected chi connectivity index (χ0v) is 14.2. The van der Waals surface area contributed by atoms with E-state index in [1.807, 2.05) is 42.5 Å². The molecule has 0 aliphatic heterocycles. The van der Waals surface area contributed by atoms with E-state index in [0.717, 1.165) is 32.1 Å². The van der Waals surface area contributed by atoms with Crippen molar-refractivity contribution >= 4 is 27.3 Å². The Morgan fingerprint density at radius 1 is 1.00 bits per heavy atom. The lowest BCUT2D eigenvalue weighted by molar-refractivity contribution is 0.416. The summed E-state index contributed by atoms with van der Waals surface area (Å²) >= 11 is 5.29. The number of aryl methyl sites for hydroxylation is 1. The number of hydrogen-bond donors (Lipinski definition) is 0. The molecule has 0 fully saturated rings. The highest BCUT2D eigenvalue weighted by atomic mass is 79.9. The third-order valence-electron chi connectivity index (χ3n) is 3.26. The van der Waals surface area contributed by atoms with Gasteiger partial charge in [-0.25, -0.2) is 4.98 Å². The maximum absolute atomic E-state index is 5.44. The first-order valence-corrected chi connectivity index (χ1v) is 8.17. The Hall–Kier alpha value is -1.65. The highest BCUT2D eigenvalue weighted by molar-refractivity contribution is 9.10. The minimum Gasteiger partial charge on any atom is -0.496 e. The van der Waals surface area contributed by atoms with Gasteiger partial charge in [-0.15, -0.1) is 11.3 Å². The van der Waals surface area contributed by atoms with Gasteiger partial charge in [0.2, 0.25) is 0 Å². The summed E-state index contributed by atoms with van der Waals surface area (Å²) in [6.45, 7) is 2.10. The number of rotatable bonds is 3. The SMILES string of the molecule is COc1ccccc1-c1nc(-c2ccccc2Br)c(C)s1. The molecule has 2 aromatic carbocycles. The average Bonchev–Trinajstić information content (AvgIpc) is 2.89. The van der Waals surface area contributed by atoms with Crippen molar-refractivity contribution in [2.75, 3.05) is 7.11 Å². The number of ether oxygens (including phenoxy) is 1. The van der Waals surface area contributed by atoms with E-state index in [1.54, 1.807) is 18.4 Å². The topological polar surface area (TPSA) is 22.1 Å². The average molecular weight is 360 g/mol. The molecule has 0 atom stereocenters. The first-order chi connectivity index (χ1) is 10.2. The van der Waals surface area contributed by atoms with Crippen molar-refractivity contribution in [3.05, 3.63) is 57.9 Å². The van der Waals surface area contributed by atoms with E-state index >= 15 is 0 Å². The Morgan fingerprint density at radius 2 is 1.67 bits per heavy atom. The number of aromatic nitrogens is 1. The predicted octanol–water partition coefficient (Wildman–Crippen LogP) is 5.56. The molecular weight excluding hydrogens is 346 g/mol. The number of hydrogen-bond acceptors (Lipinski definition) is 3. The third-order valence-corrected chi connectivity index (χ3v) is 4.96. The van der Waals surface area contributed by atoms with Crippen LogP contribution in [-0.2, 0) is 0 Å². The first-order valence-electron chi connectivity index (χ1n) is 6.56. The van der Waals surface area contributed by atoms with Gasteiger partial charge in [-0.05, 0) is 25.1 Å². The standard InChI is InChI=1S/C17H14BrNOS/c1-11-16(12-7-3-5-9-14(12)18)19-17(21-11)13-8-4-6-10-15(13)20-2/h3-10H,1-2H3. The molecule has 3 aromatic rings. The van der Waals surface area contributed by atoms with Crippen molar-refractivity contribution < 1.29 is 4.74 Å². The number of halogens is 1. The number of methoxy groups -OCH3 is 1. The molecule has 0 spiro atoms. The second-order valence-electron chi connectivity index (χ2n) is 4.60. The molecule has 0 aliphatic rings. The third kappa shape index (κ3) is 2.74. The zero-order chi connectivity index (χ0) is 14.8. The second kappa shape index (κ2) is 6.00. The normalized spacial score (nSPS) is 10.6. The van der Waals surface area contributed by atoms with Gasteiger partial charge in [-0.3, -0.25) is 0 Å². The monoisotopic (exact) mass is 359 g/mol. The van der Waals surface area contributed by atoms with Crippen LogP contribution in [0.3, 0.4) is 0 Å². The lowest BCUT2D eigenvalue weighted by atomic mass is 10.1. The first kappa shape index (κ1) is 14.3. The quantitative estimate of drug-likeness (QED) is 0.610. The van der Waals surface area contributed by atoms with Gasteiger partial charge in [-0.2, -0.15) is 0 Å². The van der Waals surface area contributed by atoms with E-state index in [0.29, 0.717) is 0 Å². The van der Waals surface area contributed by atoms with Gasteiger partial charge in [0.25, 0.3) is 0 Å². The van der Waals surface area contributed by atoms with Crippen molar-refractivity contribution in [1.29, 1.82) is 0 Å². The minimum atomic E-state index is 0.852. The molecule has 0 aliphatic carbocycles. The maximum atomic E-state index is 5.44. The highest BCUT2D eigenvalue weighted by Gasteiger charge is 2.15. The van der Waals surface area contributed by atoms with Crippen LogP contribution >= 0.6 is 27.3 Å². The number of benzene rings is 2. The van der Waals surface area contributed by atoms with Gasteiger partial charge >= 0.3 is 0 Å². The van der Waals surface area contributed by atoms with Gasteiger partial charge in [0.15, 0.2) is 0 Å². The lowest BCUT2D eigenvalue weighted by Crippen LogP contribution is -1.87. The van der Waals surface area contributed by atoms with E-state index < -0.39 is 0 Å². The molecule has 0 unspecified atom stereocenters. The summed E-state index contributed by atoms with van der Waals surface area (Å²) in [6.07, 6.45) is 0. The van der Waals surface area contributed by atoms with Crippen LogP contribution < -0.4 is 4.74 Å². The Morgan fingerprint density at radius 3 is 2.38 bits per heavy atom. The van der Waals surface area contributed by atoms with Gasteiger partial charge in [-0.1, -0.05) is 46.3 Å². The lowest BCUT2D eigenvalue weighted by Gasteiger charge is -2.04. The van der Waals surface area contributed by atoms with E-state index in [2.05, 4.69) is 28.9 Å². The molecule has 0 radical (unpaired) electrons. The number of nitrogens with zero attached hydrogens (tertiary/aromatic N) is 1. The van der Waals surface area contributed by atoms with E-state index in [-0.39, 0.29) is 0 Å². The number of thiazole rings is 1. The smallest absolute Gasteiger partial charge is 0.129 e. The summed E-state index contributed by atoms with van der Waals surface area (Å²) in [6, 6.07) is 16.1. The summed E-state index contributed by atoms with van der Waals surface area (Å²) in [5, 5.41) is 0.982. The molecule has 1 heterocycles. The molecular formula is C17H14BrNOS. The number of para-hydroxylation sites is 1. The fourth-order valence-corrected chi connectivity index (χ4v) is 3.67. The van der Waals surface area contributed by atoms with Crippen LogP contribution in [0.5, 0.6) is 5.75 Å².